The molecule has 2 N–H and O–H groups in total. The van der Waals surface area contributed by atoms with Gasteiger partial charge in [-0.15, -0.1) is 0 Å². The topological polar surface area (TPSA) is 68.2 Å². The molecule has 1 aliphatic rings. The van der Waals surface area contributed by atoms with Crippen molar-refractivity contribution >= 4 is 17.8 Å². The highest BCUT2D eigenvalue weighted by Crippen LogP contribution is 2.15. The second-order valence-corrected chi connectivity index (χ2v) is 6.30. The Hall–Kier alpha value is -2.86. The number of nitrogens with zero attached hydrogens (tertiary/aromatic N) is 3. The van der Waals surface area contributed by atoms with Crippen molar-refractivity contribution in [2.45, 2.75) is 6.42 Å². The maximum atomic E-state index is 11.9. The summed E-state index contributed by atoms with van der Waals surface area (Å²) in [5.74, 6) is 0.0711. The molecule has 0 unspecified atom stereocenters. The number of nitrogens with one attached hydrogen (secondary N) is 1. The molecule has 1 fully saturated rings. The van der Waals surface area contributed by atoms with Crippen molar-refractivity contribution in [1.82, 2.24) is 10.3 Å². The molecule has 1 amide bonds. The summed E-state index contributed by atoms with van der Waals surface area (Å²) in [6, 6.07) is 17.1. The molecule has 1 saturated heterocycles. The molecule has 0 saturated carbocycles. The first-order valence-electron chi connectivity index (χ1n) is 8.84. The number of amides is 1. The van der Waals surface area contributed by atoms with E-state index in [-0.39, 0.29) is 11.7 Å². The molecule has 1 heterocycles. The first-order chi connectivity index (χ1) is 12.7. The van der Waals surface area contributed by atoms with E-state index in [9.17, 15) is 9.90 Å². The van der Waals surface area contributed by atoms with E-state index >= 15 is 0 Å². The molecule has 0 bridgehead atoms. The smallest absolute Gasteiger partial charge is 0.241 e. The Kier molecular flexibility index (Phi) is 6.22. The van der Waals surface area contributed by atoms with Crippen LogP contribution < -0.4 is 10.3 Å². The lowest BCUT2D eigenvalue weighted by atomic mass is 10.2. The minimum absolute atomic E-state index is 0.105. The molecule has 2 aromatic carbocycles. The Bertz CT molecular complexity index is 740. The van der Waals surface area contributed by atoms with Gasteiger partial charge < -0.3 is 10.0 Å². The quantitative estimate of drug-likeness (QED) is 0.617. The van der Waals surface area contributed by atoms with Gasteiger partial charge in [0.1, 0.15) is 5.75 Å². The Morgan fingerprint density at radius 3 is 2.58 bits per heavy atom. The van der Waals surface area contributed by atoms with E-state index in [1.807, 2.05) is 12.1 Å². The van der Waals surface area contributed by atoms with Crippen molar-refractivity contribution in [3.63, 3.8) is 0 Å². The average Bonchev–Trinajstić information content (AvgIpc) is 2.68. The number of phenolic OH excluding ortho intramolecular Hbond substituents is 1. The van der Waals surface area contributed by atoms with E-state index in [1.165, 1.54) is 11.9 Å². The normalized spacial score (nSPS) is 15.3. The van der Waals surface area contributed by atoms with Crippen LogP contribution in [0.1, 0.15) is 12.0 Å². The second kappa shape index (κ2) is 9.01. The van der Waals surface area contributed by atoms with Crippen LogP contribution in [0.5, 0.6) is 5.75 Å². The zero-order chi connectivity index (χ0) is 18.2. The molecule has 0 aromatic heterocycles. The molecule has 0 atom stereocenters. The predicted molar refractivity (Wildman–Crippen MR) is 104 cm³/mol. The Labute approximate surface area is 153 Å². The summed E-state index contributed by atoms with van der Waals surface area (Å²) >= 11 is 0. The zero-order valence-electron chi connectivity index (χ0n) is 14.7. The number of rotatable bonds is 6. The molecule has 2 aromatic rings. The molecule has 6 nitrogen and oxygen atoms in total. The summed E-state index contributed by atoms with van der Waals surface area (Å²) in [5, 5.41) is 13.3. The minimum Gasteiger partial charge on any atom is -0.508 e. The molecule has 0 spiro atoms. The Morgan fingerprint density at radius 2 is 1.85 bits per heavy atom. The predicted octanol–water partition coefficient (Wildman–Crippen LogP) is 2.05. The van der Waals surface area contributed by atoms with Crippen LogP contribution in [0.4, 0.5) is 5.69 Å². The fraction of sp³-hybridized carbons (Fsp3) is 0.300. The highest BCUT2D eigenvalue weighted by molar-refractivity contribution is 5.82. The molecule has 6 heteroatoms. The standard InChI is InChI=1S/C20H24N4O2/c25-19-8-4-5-17(15-19)16-21-22-20(26)9-10-23-11-13-24(14-12-23)18-6-2-1-3-7-18/h1-8,15-16,25H,9-14H2,(H,22,26)/b21-16+. The maximum absolute atomic E-state index is 11.9. The lowest BCUT2D eigenvalue weighted by molar-refractivity contribution is -0.121. The lowest BCUT2D eigenvalue weighted by Gasteiger charge is -2.36. The molecule has 26 heavy (non-hydrogen) atoms. The monoisotopic (exact) mass is 352 g/mol. The van der Waals surface area contributed by atoms with E-state index in [1.54, 1.807) is 18.2 Å². The number of phenols is 1. The third kappa shape index (κ3) is 5.32. The van der Waals surface area contributed by atoms with Crippen molar-refractivity contribution in [2.24, 2.45) is 5.10 Å². The summed E-state index contributed by atoms with van der Waals surface area (Å²) in [4.78, 5) is 16.6. The first-order valence-corrected chi connectivity index (χ1v) is 8.84. The van der Waals surface area contributed by atoms with E-state index in [2.05, 4.69) is 44.6 Å². The largest absolute Gasteiger partial charge is 0.508 e. The number of benzene rings is 2. The summed E-state index contributed by atoms with van der Waals surface area (Å²) in [5.41, 5.74) is 4.53. The van der Waals surface area contributed by atoms with Gasteiger partial charge in [-0.3, -0.25) is 9.69 Å². The average molecular weight is 352 g/mol. The van der Waals surface area contributed by atoms with Crippen molar-refractivity contribution in [2.75, 3.05) is 37.6 Å². The van der Waals surface area contributed by atoms with E-state index < -0.39 is 0 Å². The van der Waals surface area contributed by atoms with Gasteiger partial charge in [0, 0.05) is 44.8 Å². The number of hydrogen-bond donors (Lipinski definition) is 2. The molecule has 0 radical (unpaired) electrons. The number of anilines is 1. The summed E-state index contributed by atoms with van der Waals surface area (Å²) < 4.78 is 0. The fourth-order valence-electron chi connectivity index (χ4n) is 2.97. The number of hydrogen-bond acceptors (Lipinski definition) is 5. The summed E-state index contributed by atoms with van der Waals surface area (Å²) in [6.07, 6.45) is 1.94. The van der Waals surface area contributed by atoms with Gasteiger partial charge in [0.15, 0.2) is 0 Å². The molecular weight excluding hydrogens is 328 g/mol. The van der Waals surface area contributed by atoms with Gasteiger partial charge >= 0.3 is 0 Å². The van der Waals surface area contributed by atoms with Gasteiger partial charge in [-0.05, 0) is 29.8 Å². The fourth-order valence-corrected chi connectivity index (χ4v) is 2.97. The van der Waals surface area contributed by atoms with Crippen LogP contribution in [0.15, 0.2) is 59.7 Å². The van der Waals surface area contributed by atoms with Crippen molar-refractivity contribution < 1.29 is 9.90 Å². The third-order valence-electron chi connectivity index (χ3n) is 4.42. The highest BCUT2D eigenvalue weighted by atomic mass is 16.3. The minimum atomic E-state index is -0.105. The number of carbonyl (C=O) groups is 1. The number of aromatic hydroxyl groups is 1. The van der Waals surface area contributed by atoms with Gasteiger partial charge in [-0.1, -0.05) is 30.3 Å². The van der Waals surface area contributed by atoms with Gasteiger partial charge in [-0.2, -0.15) is 5.10 Å². The molecule has 3 rings (SSSR count). The van der Waals surface area contributed by atoms with Crippen LogP contribution in [0.25, 0.3) is 0 Å². The lowest BCUT2D eigenvalue weighted by Crippen LogP contribution is -2.47. The summed E-state index contributed by atoms with van der Waals surface area (Å²) in [7, 11) is 0. The number of hydrazone groups is 1. The van der Waals surface area contributed by atoms with Gasteiger partial charge in [-0.25, -0.2) is 5.43 Å². The van der Waals surface area contributed by atoms with Crippen molar-refractivity contribution in [3.05, 3.63) is 60.2 Å². The number of carbonyl (C=O) groups excluding carboxylic acids is 1. The molecule has 0 aliphatic carbocycles. The van der Waals surface area contributed by atoms with Gasteiger partial charge in [0.05, 0.1) is 6.21 Å². The Balaban J connectivity index is 1.36. The number of piperazine rings is 1. The van der Waals surface area contributed by atoms with Gasteiger partial charge in [0.2, 0.25) is 5.91 Å². The van der Waals surface area contributed by atoms with Gasteiger partial charge in [0.25, 0.3) is 0 Å². The zero-order valence-corrected chi connectivity index (χ0v) is 14.7. The van der Waals surface area contributed by atoms with Crippen LogP contribution in [0, 0.1) is 0 Å². The number of para-hydroxylation sites is 1. The van der Waals surface area contributed by atoms with E-state index in [0.717, 1.165) is 38.3 Å². The second-order valence-electron chi connectivity index (χ2n) is 6.30. The Morgan fingerprint density at radius 1 is 1.08 bits per heavy atom. The van der Waals surface area contributed by atoms with Crippen LogP contribution in [0.2, 0.25) is 0 Å². The maximum Gasteiger partial charge on any atom is 0.241 e. The van der Waals surface area contributed by atoms with Crippen molar-refractivity contribution in [3.8, 4) is 5.75 Å². The van der Waals surface area contributed by atoms with E-state index in [4.69, 9.17) is 0 Å². The van der Waals surface area contributed by atoms with Crippen LogP contribution >= 0.6 is 0 Å². The molecule has 136 valence electrons. The molecule has 1 aliphatic heterocycles. The van der Waals surface area contributed by atoms with E-state index in [0.29, 0.717) is 6.42 Å². The summed E-state index contributed by atoms with van der Waals surface area (Å²) in [6.45, 7) is 4.59. The highest BCUT2D eigenvalue weighted by Gasteiger charge is 2.17. The van der Waals surface area contributed by atoms with Crippen molar-refractivity contribution in [1.29, 1.82) is 0 Å². The van der Waals surface area contributed by atoms with Crippen LogP contribution in [-0.4, -0.2) is 54.9 Å². The first kappa shape index (κ1) is 17.9. The van der Waals surface area contributed by atoms with Crippen LogP contribution in [-0.2, 0) is 4.79 Å². The SMILES string of the molecule is O=C(CCN1CCN(c2ccccc2)CC1)N/N=C/c1cccc(O)c1. The van der Waals surface area contributed by atoms with Crippen LogP contribution in [0.3, 0.4) is 0 Å². The molecular formula is C20H24N4O2. The third-order valence-corrected chi connectivity index (χ3v) is 4.42.